The lowest BCUT2D eigenvalue weighted by Gasteiger charge is -2.28. The van der Waals surface area contributed by atoms with Crippen LogP contribution in [-0.2, 0) is 20.9 Å². The largest absolute Gasteiger partial charge is 0.364 e. The van der Waals surface area contributed by atoms with Crippen LogP contribution in [0.4, 0.5) is 0 Å². The Morgan fingerprint density at radius 3 is 2.79 bits per heavy atom. The van der Waals surface area contributed by atoms with Gasteiger partial charge in [-0.3, -0.25) is 9.59 Å². The molecule has 2 heterocycles. The Morgan fingerprint density at radius 2 is 2.08 bits per heavy atom. The number of ether oxygens (including phenoxy) is 1. The molecule has 1 aromatic rings. The van der Waals surface area contributed by atoms with Crippen LogP contribution in [0, 0.1) is 5.92 Å². The minimum atomic E-state index is -0.489. The van der Waals surface area contributed by atoms with Gasteiger partial charge < -0.3 is 15.0 Å². The second-order valence-electron chi connectivity index (χ2n) is 7.13. The van der Waals surface area contributed by atoms with Crippen molar-refractivity contribution in [2.75, 3.05) is 13.1 Å². The number of nitrogens with one attached hydrogen (secondary N) is 1. The van der Waals surface area contributed by atoms with Gasteiger partial charge in [-0.15, -0.1) is 0 Å². The lowest BCUT2D eigenvalue weighted by atomic mass is 10.0. The summed E-state index contributed by atoms with van der Waals surface area (Å²) in [4.78, 5) is 26.9. The maximum atomic E-state index is 13.0. The number of amides is 1. The lowest BCUT2D eigenvalue weighted by molar-refractivity contribution is -0.148. The van der Waals surface area contributed by atoms with Crippen LogP contribution < -0.4 is 5.32 Å². The zero-order chi connectivity index (χ0) is 17.1. The summed E-state index contributed by atoms with van der Waals surface area (Å²) in [5.74, 6) is 0.437. The molecule has 3 atom stereocenters. The third kappa shape index (κ3) is 3.68. The van der Waals surface area contributed by atoms with Crippen molar-refractivity contribution in [3.05, 3.63) is 35.9 Å². The number of likely N-dealkylation sites (tertiary alicyclic amines) is 1. The molecule has 3 rings (SSSR count). The average Bonchev–Trinajstić information content (AvgIpc) is 3.15. The number of benzene rings is 1. The summed E-state index contributed by atoms with van der Waals surface area (Å²) in [7, 11) is 0. The first-order valence-electron chi connectivity index (χ1n) is 8.78. The van der Waals surface area contributed by atoms with E-state index in [4.69, 9.17) is 4.74 Å². The van der Waals surface area contributed by atoms with Crippen LogP contribution in [0.1, 0.15) is 32.3 Å². The highest BCUT2D eigenvalue weighted by Crippen LogP contribution is 2.25. The molecule has 0 spiro atoms. The van der Waals surface area contributed by atoms with E-state index in [1.807, 2.05) is 30.3 Å². The van der Waals surface area contributed by atoms with E-state index in [1.165, 1.54) is 0 Å². The first kappa shape index (κ1) is 17.1. The van der Waals surface area contributed by atoms with Crippen LogP contribution in [0.15, 0.2) is 30.3 Å². The molecular weight excluding hydrogens is 304 g/mol. The Balaban J connectivity index is 1.68. The number of hydrogen-bond acceptors (Lipinski definition) is 4. The summed E-state index contributed by atoms with van der Waals surface area (Å²) in [6.07, 6.45) is 1.02. The van der Waals surface area contributed by atoms with Gasteiger partial charge in [0.05, 0.1) is 13.2 Å². The van der Waals surface area contributed by atoms with Crippen molar-refractivity contribution in [3.8, 4) is 0 Å². The first-order valence-corrected chi connectivity index (χ1v) is 8.78. The van der Waals surface area contributed by atoms with Gasteiger partial charge >= 0.3 is 0 Å². The van der Waals surface area contributed by atoms with Gasteiger partial charge in [0.25, 0.3) is 5.91 Å². The third-order valence-corrected chi connectivity index (χ3v) is 4.80. The van der Waals surface area contributed by atoms with E-state index in [0.717, 1.165) is 12.0 Å². The van der Waals surface area contributed by atoms with Crippen LogP contribution in [-0.4, -0.2) is 47.9 Å². The van der Waals surface area contributed by atoms with Gasteiger partial charge in [0.15, 0.2) is 5.78 Å². The molecule has 5 heteroatoms. The van der Waals surface area contributed by atoms with E-state index in [9.17, 15) is 9.59 Å². The van der Waals surface area contributed by atoms with E-state index >= 15 is 0 Å². The molecule has 0 bridgehead atoms. The molecule has 0 unspecified atom stereocenters. The topological polar surface area (TPSA) is 58.6 Å². The predicted molar refractivity (Wildman–Crippen MR) is 91.4 cm³/mol. The Hall–Kier alpha value is -1.72. The van der Waals surface area contributed by atoms with Gasteiger partial charge in [-0.05, 0) is 24.3 Å². The molecule has 2 fully saturated rings. The highest BCUT2D eigenvalue weighted by molar-refractivity contribution is 5.94. The second-order valence-corrected chi connectivity index (χ2v) is 7.13. The lowest BCUT2D eigenvalue weighted by Crippen LogP contribution is -2.47. The molecular formula is C19H26N2O3. The van der Waals surface area contributed by atoms with Crippen molar-refractivity contribution in [2.45, 2.75) is 51.5 Å². The van der Waals surface area contributed by atoms with Crippen LogP contribution in [0.25, 0.3) is 0 Å². The highest BCUT2D eigenvalue weighted by atomic mass is 16.5. The second kappa shape index (κ2) is 7.45. The molecule has 130 valence electrons. The van der Waals surface area contributed by atoms with E-state index in [0.29, 0.717) is 32.0 Å². The average molecular weight is 330 g/mol. The van der Waals surface area contributed by atoms with Crippen molar-refractivity contribution in [2.24, 2.45) is 5.92 Å². The summed E-state index contributed by atoms with van der Waals surface area (Å²) in [6.45, 7) is 5.59. The predicted octanol–water partition coefficient (Wildman–Crippen LogP) is 1.76. The third-order valence-electron chi connectivity index (χ3n) is 4.80. The van der Waals surface area contributed by atoms with E-state index in [2.05, 4.69) is 19.2 Å². The molecule has 0 radical (unpaired) electrons. The maximum absolute atomic E-state index is 13.0. The fourth-order valence-corrected chi connectivity index (χ4v) is 3.61. The molecule has 1 N–H and O–H groups in total. The molecule has 24 heavy (non-hydrogen) atoms. The highest BCUT2D eigenvalue weighted by Gasteiger charge is 2.46. The SMILES string of the molecule is CC(C)C[C@H](OCc1ccccc1)C(=O)N1CC[C@H]2NCC(=O)[C@H]21. The number of fused-ring (bicyclic) bond motifs is 1. The Morgan fingerprint density at radius 1 is 1.33 bits per heavy atom. The minimum absolute atomic E-state index is 0.0378. The van der Waals surface area contributed by atoms with Gasteiger partial charge in [0.2, 0.25) is 0 Å². The zero-order valence-electron chi connectivity index (χ0n) is 14.4. The zero-order valence-corrected chi connectivity index (χ0v) is 14.4. The van der Waals surface area contributed by atoms with Crippen LogP contribution in [0.2, 0.25) is 0 Å². The van der Waals surface area contributed by atoms with Crippen molar-refractivity contribution < 1.29 is 14.3 Å². The Labute approximate surface area is 143 Å². The quantitative estimate of drug-likeness (QED) is 0.863. The molecule has 2 aliphatic rings. The van der Waals surface area contributed by atoms with Crippen molar-refractivity contribution >= 4 is 11.7 Å². The Bertz CT molecular complexity index is 588. The molecule has 2 saturated heterocycles. The summed E-state index contributed by atoms with van der Waals surface area (Å²) in [6, 6.07) is 9.70. The molecule has 2 aliphatic heterocycles. The molecule has 1 amide bonds. The summed E-state index contributed by atoms with van der Waals surface area (Å²) < 4.78 is 5.97. The number of ketones is 1. The van der Waals surface area contributed by atoms with Crippen molar-refractivity contribution in [1.82, 2.24) is 10.2 Å². The fraction of sp³-hybridized carbons (Fsp3) is 0.579. The van der Waals surface area contributed by atoms with Crippen LogP contribution >= 0.6 is 0 Å². The van der Waals surface area contributed by atoms with Crippen molar-refractivity contribution in [1.29, 1.82) is 0 Å². The van der Waals surface area contributed by atoms with Crippen molar-refractivity contribution in [3.63, 3.8) is 0 Å². The number of nitrogens with zero attached hydrogens (tertiary/aromatic N) is 1. The maximum Gasteiger partial charge on any atom is 0.252 e. The van der Waals surface area contributed by atoms with Gasteiger partial charge in [-0.2, -0.15) is 0 Å². The van der Waals surface area contributed by atoms with E-state index < -0.39 is 6.10 Å². The van der Waals surface area contributed by atoms with Gasteiger partial charge in [0.1, 0.15) is 12.1 Å². The van der Waals surface area contributed by atoms with Gasteiger partial charge in [-0.1, -0.05) is 44.2 Å². The standard InChI is InChI=1S/C19H26N2O3/c1-13(2)10-17(24-12-14-6-4-3-5-7-14)19(23)21-9-8-15-18(21)16(22)11-20-15/h3-7,13,15,17-18,20H,8-12H2,1-2H3/t15-,17+,18+/m1/s1. The number of rotatable bonds is 6. The normalized spacial score (nSPS) is 24.5. The molecule has 0 aliphatic carbocycles. The monoisotopic (exact) mass is 330 g/mol. The van der Waals surface area contributed by atoms with Crippen LogP contribution in [0.3, 0.4) is 0 Å². The summed E-state index contributed by atoms with van der Waals surface area (Å²) >= 11 is 0. The summed E-state index contributed by atoms with van der Waals surface area (Å²) in [5.41, 5.74) is 1.05. The molecule has 5 nitrogen and oxygen atoms in total. The molecule has 0 aromatic heterocycles. The van der Waals surface area contributed by atoms with Gasteiger partial charge in [0, 0.05) is 12.6 Å². The van der Waals surface area contributed by atoms with Gasteiger partial charge in [-0.25, -0.2) is 0 Å². The smallest absolute Gasteiger partial charge is 0.252 e. The van der Waals surface area contributed by atoms with E-state index in [-0.39, 0.29) is 23.8 Å². The summed E-state index contributed by atoms with van der Waals surface area (Å²) in [5, 5.41) is 3.21. The number of carbonyl (C=O) groups excluding carboxylic acids is 2. The van der Waals surface area contributed by atoms with E-state index in [1.54, 1.807) is 4.90 Å². The fourth-order valence-electron chi connectivity index (χ4n) is 3.61. The molecule has 1 aromatic carbocycles. The number of Topliss-reactive ketones (excluding diaryl/α,β-unsaturated/α-hetero) is 1. The number of carbonyl (C=O) groups is 2. The first-order chi connectivity index (χ1) is 11.6. The van der Waals surface area contributed by atoms with Crippen LogP contribution in [0.5, 0.6) is 0 Å². The Kier molecular flexibility index (Phi) is 5.31. The molecule has 0 saturated carbocycles. The number of hydrogen-bond donors (Lipinski definition) is 1. The minimum Gasteiger partial charge on any atom is -0.364 e.